The van der Waals surface area contributed by atoms with Gasteiger partial charge in [-0.2, -0.15) is 0 Å². The molecule has 132 valence electrons. The van der Waals surface area contributed by atoms with Crippen molar-refractivity contribution in [1.29, 1.82) is 0 Å². The van der Waals surface area contributed by atoms with E-state index in [4.69, 9.17) is 5.11 Å². The summed E-state index contributed by atoms with van der Waals surface area (Å²) in [7, 11) is 0. The monoisotopic (exact) mass is 340 g/mol. The van der Waals surface area contributed by atoms with E-state index in [0.717, 1.165) is 11.1 Å². The minimum Gasteiger partial charge on any atom is -0.394 e. The van der Waals surface area contributed by atoms with Crippen molar-refractivity contribution in [3.63, 3.8) is 0 Å². The second-order valence-corrected chi connectivity index (χ2v) is 6.05. The molecular weight excluding hydrogens is 316 g/mol. The lowest BCUT2D eigenvalue weighted by molar-refractivity contribution is -0.121. The molecule has 0 bridgehead atoms. The number of aliphatic hydroxyl groups excluding tert-OH is 1. The number of benzene rings is 2. The second kappa shape index (κ2) is 8.99. The van der Waals surface area contributed by atoms with E-state index in [2.05, 4.69) is 10.6 Å². The van der Waals surface area contributed by atoms with Gasteiger partial charge in [-0.1, -0.05) is 36.8 Å². The van der Waals surface area contributed by atoms with Gasteiger partial charge in [0.25, 0.3) is 5.91 Å². The maximum absolute atomic E-state index is 12.2. The number of aliphatic hydroxyl groups is 1. The summed E-state index contributed by atoms with van der Waals surface area (Å²) >= 11 is 0. The zero-order valence-corrected chi connectivity index (χ0v) is 14.6. The minimum atomic E-state index is -0.208. The number of rotatable bonds is 7. The van der Waals surface area contributed by atoms with E-state index >= 15 is 0 Å². The minimum absolute atomic E-state index is 0.0633. The Morgan fingerprint density at radius 2 is 1.84 bits per heavy atom. The van der Waals surface area contributed by atoms with Crippen molar-refractivity contribution in [2.45, 2.75) is 32.7 Å². The van der Waals surface area contributed by atoms with Crippen LogP contribution in [0.15, 0.2) is 48.5 Å². The summed E-state index contributed by atoms with van der Waals surface area (Å²) in [5.74, 6) is -0.291. The SMILES string of the molecule is CCC(CO)NC(=O)Cc1ccc(NC(=O)c2cccc(C)c2)cc1. The maximum Gasteiger partial charge on any atom is 0.255 e. The highest BCUT2D eigenvalue weighted by molar-refractivity contribution is 6.04. The smallest absolute Gasteiger partial charge is 0.255 e. The van der Waals surface area contributed by atoms with Gasteiger partial charge in [-0.3, -0.25) is 9.59 Å². The second-order valence-electron chi connectivity index (χ2n) is 6.05. The molecule has 0 radical (unpaired) electrons. The predicted molar refractivity (Wildman–Crippen MR) is 98.6 cm³/mol. The number of anilines is 1. The van der Waals surface area contributed by atoms with Gasteiger partial charge in [0, 0.05) is 11.3 Å². The number of aryl methyl sites for hydroxylation is 1. The molecule has 2 aromatic rings. The fourth-order valence-corrected chi connectivity index (χ4v) is 2.44. The van der Waals surface area contributed by atoms with Crippen molar-refractivity contribution in [2.24, 2.45) is 0 Å². The molecule has 3 N–H and O–H groups in total. The van der Waals surface area contributed by atoms with E-state index < -0.39 is 0 Å². The van der Waals surface area contributed by atoms with Gasteiger partial charge in [0.1, 0.15) is 0 Å². The van der Waals surface area contributed by atoms with Crippen molar-refractivity contribution < 1.29 is 14.7 Å². The van der Waals surface area contributed by atoms with Crippen LogP contribution in [0.5, 0.6) is 0 Å². The molecule has 5 nitrogen and oxygen atoms in total. The van der Waals surface area contributed by atoms with Gasteiger partial charge in [-0.05, 0) is 43.2 Å². The zero-order valence-electron chi connectivity index (χ0n) is 14.6. The van der Waals surface area contributed by atoms with E-state index in [9.17, 15) is 9.59 Å². The Morgan fingerprint density at radius 1 is 1.12 bits per heavy atom. The number of hydrogen-bond donors (Lipinski definition) is 3. The third-order valence-electron chi connectivity index (χ3n) is 3.94. The highest BCUT2D eigenvalue weighted by Crippen LogP contribution is 2.13. The van der Waals surface area contributed by atoms with E-state index in [1.165, 1.54) is 0 Å². The van der Waals surface area contributed by atoms with Gasteiger partial charge in [0.05, 0.1) is 19.1 Å². The largest absolute Gasteiger partial charge is 0.394 e. The molecule has 2 amide bonds. The van der Waals surface area contributed by atoms with Gasteiger partial charge >= 0.3 is 0 Å². The Labute approximate surface area is 148 Å². The van der Waals surface area contributed by atoms with Crippen molar-refractivity contribution in [3.05, 3.63) is 65.2 Å². The Hall–Kier alpha value is -2.66. The molecule has 0 aliphatic rings. The number of carbonyl (C=O) groups excluding carboxylic acids is 2. The number of amides is 2. The first-order valence-electron chi connectivity index (χ1n) is 8.39. The van der Waals surface area contributed by atoms with E-state index in [0.29, 0.717) is 17.7 Å². The van der Waals surface area contributed by atoms with E-state index in [1.807, 2.05) is 44.2 Å². The molecule has 25 heavy (non-hydrogen) atoms. The van der Waals surface area contributed by atoms with Crippen LogP contribution in [0.1, 0.15) is 34.8 Å². The fourth-order valence-electron chi connectivity index (χ4n) is 2.44. The molecule has 0 saturated carbocycles. The highest BCUT2D eigenvalue weighted by atomic mass is 16.3. The molecule has 2 aromatic carbocycles. The van der Waals surface area contributed by atoms with Gasteiger partial charge in [-0.25, -0.2) is 0 Å². The topological polar surface area (TPSA) is 78.4 Å². The molecule has 0 saturated heterocycles. The van der Waals surface area contributed by atoms with Crippen LogP contribution in [0.3, 0.4) is 0 Å². The summed E-state index contributed by atoms with van der Waals surface area (Å²) in [6, 6.07) is 14.4. The van der Waals surface area contributed by atoms with Crippen molar-refractivity contribution in [2.75, 3.05) is 11.9 Å². The van der Waals surface area contributed by atoms with E-state index in [1.54, 1.807) is 18.2 Å². The van der Waals surface area contributed by atoms with Gasteiger partial charge in [-0.15, -0.1) is 0 Å². The molecule has 2 rings (SSSR count). The Morgan fingerprint density at radius 3 is 2.44 bits per heavy atom. The van der Waals surface area contributed by atoms with Crippen LogP contribution in [-0.2, 0) is 11.2 Å². The molecule has 0 aliphatic carbocycles. The lowest BCUT2D eigenvalue weighted by Crippen LogP contribution is -2.37. The van der Waals surface area contributed by atoms with Gasteiger partial charge in [0.15, 0.2) is 0 Å². The summed E-state index contributed by atoms with van der Waals surface area (Å²) in [5, 5.41) is 14.7. The molecule has 0 aromatic heterocycles. The summed E-state index contributed by atoms with van der Waals surface area (Å²) in [6.45, 7) is 3.79. The van der Waals surface area contributed by atoms with E-state index in [-0.39, 0.29) is 30.9 Å². The molecule has 1 unspecified atom stereocenters. The predicted octanol–water partition coefficient (Wildman–Crippen LogP) is 2.68. The zero-order chi connectivity index (χ0) is 18.2. The summed E-state index contributed by atoms with van der Waals surface area (Å²) in [6.07, 6.45) is 0.925. The first kappa shape index (κ1) is 18.7. The van der Waals surface area contributed by atoms with Crippen LogP contribution in [0, 0.1) is 6.92 Å². The van der Waals surface area contributed by atoms with Gasteiger partial charge in [0.2, 0.25) is 5.91 Å². The van der Waals surface area contributed by atoms with Gasteiger partial charge < -0.3 is 15.7 Å². The summed E-state index contributed by atoms with van der Waals surface area (Å²) < 4.78 is 0. The Kier molecular flexibility index (Phi) is 6.71. The van der Waals surface area contributed by atoms with Crippen LogP contribution in [0.25, 0.3) is 0 Å². The quantitative estimate of drug-likeness (QED) is 0.725. The first-order chi connectivity index (χ1) is 12.0. The molecule has 0 aliphatic heterocycles. The molecular formula is C20H24N2O3. The molecule has 0 spiro atoms. The van der Waals surface area contributed by atoms with Crippen molar-refractivity contribution in [1.82, 2.24) is 5.32 Å². The lowest BCUT2D eigenvalue weighted by Gasteiger charge is -2.14. The Bertz CT molecular complexity index is 722. The van der Waals surface area contributed by atoms with Crippen molar-refractivity contribution in [3.8, 4) is 0 Å². The average molecular weight is 340 g/mol. The van der Waals surface area contributed by atoms with Crippen molar-refractivity contribution >= 4 is 17.5 Å². The third-order valence-corrected chi connectivity index (χ3v) is 3.94. The van der Waals surface area contributed by atoms with Crippen LogP contribution < -0.4 is 10.6 Å². The van der Waals surface area contributed by atoms with Crippen LogP contribution >= 0.6 is 0 Å². The fraction of sp³-hybridized carbons (Fsp3) is 0.300. The molecule has 0 fully saturated rings. The average Bonchev–Trinajstić information content (AvgIpc) is 2.61. The number of nitrogens with one attached hydrogen (secondary N) is 2. The first-order valence-corrected chi connectivity index (χ1v) is 8.39. The lowest BCUT2D eigenvalue weighted by atomic mass is 10.1. The van der Waals surface area contributed by atoms with Crippen LogP contribution in [-0.4, -0.2) is 29.6 Å². The number of carbonyl (C=O) groups is 2. The summed E-state index contributed by atoms with van der Waals surface area (Å²) in [4.78, 5) is 24.1. The van der Waals surface area contributed by atoms with Crippen LogP contribution in [0.2, 0.25) is 0 Å². The highest BCUT2D eigenvalue weighted by Gasteiger charge is 2.10. The molecule has 0 heterocycles. The van der Waals surface area contributed by atoms with Crippen LogP contribution in [0.4, 0.5) is 5.69 Å². The standard InChI is InChI=1S/C20H24N2O3/c1-3-17(13-23)21-19(24)12-15-7-9-18(10-8-15)22-20(25)16-6-4-5-14(2)11-16/h4-11,17,23H,3,12-13H2,1-2H3,(H,21,24)(H,22,25). The maximum atomic E-state index is 12.2. The Balaban J connectivity index is 1.93. The molecule has 5 heteroatoms. The summed E-state index contributed by atoms with van der Waals surface area (Å²) in [5.41, 5.74) is 3.16. The molecule has 1 atom stereocenters. The number of hydrogen-bond acceptors (Lipinski definition) is 3. The normalized spacial score (nSPS) is 11.6. The third kappa shape index (κ3) is 5.72.